The molecule has 0 aliphatic carbocycles. The van der Waals surface area contributed by atoms with Gasteiger partial charge < -0.3 is 14.8 Å². The molecule has 6 heteroatoms. The van der Waals surface area contributed by atoms with Crippen molar-refractivity contribution in [2.75, 3.05) is 13.7 Å². The molecule has 0 radical (unpaired) electrons. The monoisotopic (exact) mass is 408 g/mol. The highest BCUT2D eigenvalue weighted by atomic mass is 35.5. The predicted octanol–water partition coefficient (Wildman–Crippen LogP) is 4.07. The Morgan fingerprint density at radius 1 is 1.21 bits per heavy atom. The lowest BCUT2D eigenvalue weighted by molar-refractivity contribution is -0.120. The summed E-state index contributed by atoms with van der Waals surface area (Å²) in [6, 6.07) is 15.2. The quantitative estimate of drug-likeness (QED) is 0.667. The fraction of sp³-hybridized carbons (Fsp3) is 0.217. The summed E-state index contributed by atoms with van der Waals surface area (Å²) in [5.74, 6) is 1.56. The van der Waals surface area contributed by atoms with Crippen LogP contribution in [0.15, 0.2) is 60.9 Å². The zero-order chi connectivity index (χ0) is 20.2. The number of pyridine rings is 1. The first-order valence-corrected chi connectivity index (χ1v) is 9.79. The van der Waals surface area contributed by atoms with Crippen LogP contribution in [0.1, 0.15) is 11.1 Å². The van der Waals surface area contributed by atoms with E-state index in [1.54, 1.807) is 19.5 Å². The number of fused-ring (bicyclic) bond motifs is 1. The van der Waals surface area contributed by atoms with E-state index in [0.717, 1.165) is 33.8 Å². The molecule has 0 fully saturated rings. The number of halogens is 1. The minimum absolute atomic E-state index is 0.0397. The molecule has 1 aromatic heterocycles. The number of benzene rings is 2. The molecule has 0 spiro atoms. The number of nitrogens with zero attached hydrogens (tertiary/aromatic N) is 1. The van der Waals surface area contributed by atoms with Crippen LogP contribution in [0.5, 0.6) is 11.5 Å². The Hall–Kier alpha value is -3.05. The average Bonchev–Trinajstić information content (AvgIpc) is 3.15. The molecule has 3 aromatic rings. The first-order valence-electron chi connectivity index (χ1n) is 9.41. The van der Waals surface area contributed by atoms with Gasteiger partial charge in [0.15, 0.2) is 0 Å². The van der Waals surface area contributed by atoms with Gasteiger partial charge in [0.25, 0.3) is 0 Å². The van der Waals surface area contributed by atoms with E-state index in [0.29, 0.717) is 24.4 Å². The fourth-order valence-corrected chi connectivity index (χ4v) is 3.71. The minimum atomic E-state index is -0.121. The summed E-state index contributed by atoms with van der Waals surface area (Å²) in [6.45, 7) is 0.442. The SMILES string of the molecule is COc1ccc(CC(=O)NC[C@@H]2Cc3cc(Cl)cc(-c4ccncc4)c3O2)cc1. The van der Waals surface area contributed by atoms with Crippen molar-refractivity contribution in [3.63, 3.8) is 0 Å². The summed E-state index contributed by atoms with van der Waals surface area (Å²) in [7, 11) is 1.62. The molecule has 2 heterocycles. The Morgan fingerprint density at radius 2 is 1.97 bits per heavy atom. The lowest BCUT2D eigenvalue weighted by atomic mass is 10.0. The van der Waals surface area contributed by atoms with E-state index in [-0.39, 0.29) is 12.0 Å². The van der Waals surface area contributed by atoms with E-state index in [1.807, 2.05) is 48.5 Å². The van der Waals surface area contributed by atoms with Gasteiger partial charge >= 0.3 is 0 Å². The number of carbonyl (C=O) groups is 1. The summed E-state index contributed by atoms with van der Waals surface area (Å²) in [6.07, 6.45) is 4.39. The molecular formula is C23H21ClN2O3. The first kappa shape index (κ1) is 19.3. The molecule has 1 N–H and O–H groups in total. The minimum Gasteiger partial charge on any atom is -0.497 e. The van der Waals surface area contributed by atoms with Gasteiger partial charge in [0.2, 0.25) is 5.91 Å². The summed E-state index contributed by atoms with van der Waals surface area (Å²) < 4.78 is 11.3. The number of carbonyl (C=O) groups excluding carboxylic acids is 1. The van der Waals surface area contributed by atoms with Gasteiger partial charge in [-0.15, -0.1) is 0 Å². The number of amides is 1. The number of methoxy groups -OCH3 is 1. The molecule has 0 saturated heterocycles. The maximum atomic E-state index is 12.3. The average molecular weight is 409 g/mol. The van der Waals surface area contributed by atoms with Crippen molar-refractivity contribution in [1.82, 2.24) is 10.3 Å². The maximum absolute atomic E-state index is 12.3. The molecule has 1 atom stereocenters. The van der Waals surface area contributed by atoms with Gasteiger partial charge in [0, 0.05) is 35.0 Å². The van der Waals surface area contributed by atoms with Crippen LogP contribution in [0.25, 0.3) is 11.1 Å². The smallest absolute Gasteiger partial charge is 0.224 e. The van der Waals surface area contributed by atoms with Gasteiger partial charge in [-0.05, 0) is 47.5 Å². The second-order valence-electron chi connectivity index (χ2n) is 6.95. The van der Waals surface area contributed by atoms with Crippen LogP contribution >= 0.6 is 11.6 Å². The van der Waals surface area contributed by atoms with Crippen LogP contribution in [0.3, 0.4) is 0 Å². The largest absolute Gasteiger partial charge is 0.497 e. The zero-order valence-electron chi connectivity index (χ0n) is 16.0. The Morgan fingerprint density at radius 3 is 2.69 bits per heavy atom. The third-order valence-electron chi connectivity index (χ3n) is 4.90. The van der Waals surface area contributed by atoms with Crippen molar-refractivity contribution in [1.29, 1.82) is 0 Å². The number of hydrogen-bond donors (Lipinski definition) is 1. The summed E-state index contributed by atoms with van der Waals surface area (Å²) >= 11 is 6.32. The Labute approximate surface area is 174 Å². The van der Waals surface area contributed by atoms with E-state index in [9.17, 15) is 4.79 Å². The molecule has 0 saturated carbocycles. The Balaban J connectivity index is 1.39. The zero-order valence-corrected chi connectivity index (χ0v) is 16.8. The van der Waals surface area contributed by atoms with Crippen LogP contribution in [0.4, 0.5) is 0 Å². The number of nitrogens with one attached hydrogen (secondary N) is 1. The molecule has 4 rings (SSSR count). The van der Waals surface area contributed by atoms with Crippen molar-refractivity contribution in [3.8, 4) is 22.6 Å². The van der Waals surface area contributed by atoms with Gasteiger partial charge in [-0.3, -0.25) is 9.78 Å². The topological polar surface area (TPSA) is 60.5 Å². The Bertz CT molecular complexity index is 1010. The molecular weight excluding hydrogens is 388 g/mol. The molecule has 1 aliphatic rings. The second-order valence-corrected chi connectivity index (χ2v) is 7.39. The number of aromatic nitrogens is 1. The first-order chi connectivity index (χ1) is 14.1. The van der Waals surface area contributed by atoms with Gasteiger partial charge in [-0.25, -0.2) is 0 Å². The third kappa shape index (κ3) is 4.51. The summed E-state index contributed by atoms with van der Waals surface area (Å²) in [5.41, 5.74) is 3.94. The summed E-state index contributed by atoms with van der Waals surface area (Å²) in [5, 5.41) is 3.64. The molecule has 1 amide bonds. The van der Waals surface area contributed by atoms with Crippen LogP contribution in [-0.2, 0) is 17.6 Å². The molecule has 0 bridgehead atoms. The van der Waals surface area contributed by atoms with Crippen molar-refractivity contribution >= 4 is 17.5 Å². The summed E-state index contributed by atoms with van der Waals surface area (Å²) in [4.78, 5) is 16.4. The molecule has 148 valence electrons. The van der Waals surface area contributed by atoms with Gasteiger partial charge in [-0.2, -0.15) is 0 Å². The maximum Gasteiger partial charge on any atom is 0.224 e. The molecule has 5 nitrogen and oxygen atoms in total. The molecule has 1 aliphatic heterocycles. The Kier molecular flexibility index (Phi) is 5.67. The van der Waals surface area contributed by atoms with Gasteiger partial charge in [-0.1, -0.05) is 23.7 Å². The highest BCUT2D eigenvalue weighted by Gasteiger charge is 2.27. The normalized spacial score (nSPS) is 14.8. The predicted molar refractivity (Wildman–Crippen MR) is 113 cm³/mol. The number of rotatable bonds is 6. The standard InChI is InChI=1S/C23H21ClN2O3/c1-28-19-4-2-15(3-5-19)10-22(27)26-14-20-12-17-11-18(24)13-21(23(17)29-20)16-6-8-25-9-7-16/h2-9,11,13,20H,10,12,14H2,1H3,(H,26,27)/t20-/m0/s1. The second kappa shape index (κ2) is 8.53. The van der Waals surface area contributed by atoms with E-state index in [2.05, 4.69) is 10.3 Å². The van der Waals surface area contributed by atoms with E-state index >= 15 is 0 Å². The van der Waals surface area contributed by atoms with E-state index < -0.39 is 0 Å². The van der Waals surface area contributed by atoms with Gasteiger partial charge in [0.1, 0.15) is 17.6 Å². The third-order valence-corrected chi connectivity index (χ3v) is 5.12. The van der Waals surface area contributed by atoms with Gasteiger partial charge in [0.05, 0.1) is 20.1 Å². The molecule has 2 aromatic carbocycles. The lowest BCUT2D eigenvalue weighted by Crippen LogP contribution is -2.35. The van der Waals surface area contributed by atoms with Crippen molar-refractivity contribution < 1.29 is 14.3 Å². The van der Waals surface area contributed by atoms with Crippen LogP contribution in [-0.4, -0.2) is 30.6 Å². The van der Waals surface area contributed by atoms with Crippen LogP contribution < -0.4 is 14.8 Å². The van der Waals surface area contributed by atoms with Crippen molar-refractivity contribution in [2.24, 2.45) is 0 Å². The van der Waals surface area contributed by atoms with Crippen LogP contribution in [0, 0.1) is 0 Å². The van der Waals surface area contributed by atoms with E-state index in [4.69, 9.17) is 21.1 Å². The fourth-order valence-electron chi connectivity index (χ4n) is 3.47. The molecule has 0 unspecified atom stereocenters. The lowest BCUT2D eigenvalue weighted by Gasteiger charge is -2.14. The van der Waals surface area contributed by atoms with E-state index in [1.165, 1.54) is 0 Å². The van der Waals surface area contributed by atoms with Crippen molar-refractivity contribution in [2.45, 2.75) is 18.9 Å². The number of ether oxygens (including phenoxy) is 2. The highest BCUT2D eigenvalue weighted by molar-refractivity contribution is 6.31. The van der Waals surface area contributed by atoms with Crippen LogP contribution in [0.2, 0.25) is 5.02 Å². The highest BCUT2D eigenvalue weighted by Crippen LogP contribution is 2.40. The number of hydrogen-bond acceptors (Lipinski definition) is 4. The molecule has 29 heavy (non-hydrogen) atoms. The van der Waals surface area contributed by atoms with Crippen molar-refractivity contribution in [3.05, 3.63) is 77.1 Å².